The van der Waals surface area contributed by atoms with Crippen LogP contribution in [0, 0.1) is 12.3 Å². The monoisotopic (exact) mass is 176 g/mol. The first-order valence-corrected chi connectivity index (χ1v) is 4.86. The average Bonchev–Trinajstić information content (AvgIpc) is 2.86. The molecule has 70 valence electrons. The Hall–Kier alpha value is -0.890. The van der Waals surface area contributed by atoms with E-state index in [-0.39, 0.29) is 0 Å². The van der Waals surface area contributed by atoms with Crippen LogP contribution in [0.1, 0.15) is 24.1 Å². The van der Waals surface area contributed by atoms with Gasteiger partial charge in [-0.2, -0.15) is 0 Å². The van der Waals surface area contributed by atoms with Gasteiger partial charge in [0.1, 0.15) is 0 Å². The van der Waals surface area contributed by atoms with E-state index < -0.39 is 0 Å². The highest BCUT2D eigenvalue weighted by atomic mass is 14.7. The van der Waals surface area contributed by atoms with Gasteiger partial charge in [0.15, 0.2) is 0 Å². The molecule has 2 rings (SSSR count). The van der Waals surface area contributed by atoms with E-state index in [1.165, 1.54) is 24.1 Å². The lowest BCUT2D eigenvalue weighted by molar-refractivity contribution is 0.514. The maximum Gasteiger partial charge on any atom is 0.0412 e. The smallest absolute Gasteiger partial charge is 0.0412 e. The zero-order valence-corrected chi connectivity index (χ0v) is 8.09. The molecule has 2 N–H and O–H groups in total. The summed E-state index contributed by atoms with van der Waals surface area (Å²) in [5.41, 5.74) is 8.62. The number of nitrogens with zero attached hydrogens (tertiary/aromatic N) is 1. The lowest BCUT2D eigenvalue weighted by Crippen LogP contribution is -2.18. The topological polar surface area (TPSA) is 38.9 Å². The molecule has 1 heterocycles. The highest BCUT2D eigenvalue weighted by Gasteiger charge is 2.41. The molecule has 0 atom stereocenters. The van der Waals surface area contributed by atoms with Gasteiger partial charge in [-0.25, -0.2) is 0 Å². The third-order valence-corrected chi connectivity index (χ3v) is 2.92. The summed E-state index contributed by atoms with van der Waals surface area (Å²) in [7, 11) is 0. The van der Waals surface area contributed by atoms with Gasteiger partial charge in [-0.3, -0.25) is 4.98 Å². The van der Waals surface area contributed by atoms with Crippen molar-refractivity contribution in [3.05, 3.63) is 29.6 Å². The Morgan fingerprint density at radius 2 is 2.31 bits per heavy atom. The predicted octanol–water partition coefficient (Wildman–Crippen LogP) is 1.67. The number of aromatic nitrogens is 1. The summed E-state index contributed by atoms with van der Waals surface area (Å²) in [5, 5.41) is 0. The summed E-state index contributed by atoms with van der Waals surface area (Å²) < 4.78 is 0. The molecule has 0 unspecified atom stereocenters. The number of nitrogens with two attached hydrogens (primary N) is 1. The van der Waals surface area contributed by atoms with Crippen molar-refractivity contribution >= 4 is 0 Å². The summed E-state index contributed by atoms with van der Waals surface area (Å²) in [6.07, 6.45) is 5.50. The van der Waals surface area contributed by atoms with Crippen molar-refractivity contribution in [2.45, 2.75) is 26.2 Å². The van der Waals surface area contributed by atoms with E-state index in [2.05, 4.69) is 18.0 Å². The van der Waals surface area contributed by atoms with Crippen molar-refractivity contribution in [1.82, 2.24) is 4.98 Å². The Bertz CT molecular complexity index is 303. The highest BCUT2D eigenvalue weighted by molar-refractivity contribution is 5.17. The van der Waals surface area contributed by atoms with E-state index in [4.69, 9.17) is 5.73 Å². The molecule has 0 aromatic carbocycles. The van der Waals surface area contributed by atoms with Crippen LogP contribution >= 0.6 is 0 Å². The minimum Gasteiger partial charge on any atom is -0.330 e. The number of hydrogen-bond acceptors (Lipinski definition) is 2. The van der Waals surface area contributed by atoms with E-state index >= 15 is 0 Å². The first-order chi connectivity index (χ1) is 6.24. The SMILES string of the molecule is Cc1ccnc(CC2(CN)CC2)c1. The van der Waals surface area contributed by atoms with Crippen LogP contribution in [-0.2, 0) is 6.42 Å². The lowest BCUT2D eigenvalue weighted by atomic mass is 9.99. The van der Waals surface area contributed by atoms with E-state index in [9.17, 15) is 0 Å². The Kier molecular flexibility index (Phi) is 2.08. The molecule has 0 radical (unpaired) electrons. The van der Waals surface area contributed by atoms with Gasteiger partial charge >= 0.3 is 0 Å². The molecule has 1 aromatic heterocycles. The molecule has 0 spiro atoms. The average molecular weight is 176 g/mol. The second-order valence-electron chi connectivity index (χ2n) is 4.21. The van der Waals surface area contributed by atoms with Gasteiger partial charge in [0, 0.05) is 11.9 Å². The van der Waals surface area contributed by atoms with Crippen molar-refractivity contribution in [2.24, 2.45) is 11.1 Å². The summed E-state index contributed by atoms with van der Waals surface area (Å²) in [6, 6.07) is 4.20. The van der Waals surface area contributed by atoms with Crippen LogP contribution in [0.15, 0.2) is 18.3 Å². The molecule has 0 saturated heterocycles. The van der Waals surface area contributed by atoms with E-state index in [1.807, 2.05) is 12.3 Å². The normalized spacial score (nSPS) is 18.6. The molecule has 2 heteroatoms. The predicted molar refractivity (Wildman–Crippen MR) is 53.4 cm³/mol. The van der Waals surface area contributed by atoms with Crippen molar-refractivity contribution in [3.8, 4) is 0 Å². The lowest BCUT2D eigenvalue weighted by Gasteiger charge is -2.11. The standard InChI is InChI=1S/C11H16N2/c1-9-2-5-13-10(6-9)7-11(8-12)3-4-11/h2,5-6H,3-4,7-8,12H2,1H3. The molecule has 1 saturated carbocycles. The quantitative estimate of drug-likeness (QED) is 0.761. The summed E-state index contributed by atoms with van der Waals surface area (Å²) >= 11 is 0. The Morgan fingerprint density at radius 1 is 1.54 bits per heavy atom. The molecule has 13 heavy (non-hydrogen) atoms. The maximum absolute atomic E-state index is 5.73. The van der Waals surface area contributed by atoms with Crippen LogP contribution in [0.25, 0.3) is 0 Å². The number of rotatable bonds is 3. The van der Waals surface area contributed by atoms with E-state index in [1.54, 1.807) is 0 Å². The van der Waals surface area contributed by atoms with Crippen LogP contribution in [0.4, 0.5) is 0 Å². The van der Waals surface area contributed by atoms with Crippen molar-refractivity contribution in [3.63, 3.8) is 0 Å². The Morgan fingerprint density at radius 3 is 2.85 bits per heavy atom. The maximum atomic E-state index is 5.73. The van der Waals surface area contributed by atoms with Gasteiger partial charge in [-0.1, -0.05) is 0 Å². The van der Waals surface area contributed by atoms with E-state index in [0.717, 1.165) is 13.0 Å². The molecular formula is C11H16N2. The number of aryl methyl sites for hydroxylation is 1. The van der Waals surface area contributed by atoms with Gasteiger partial charge < -0.3 is 5.73 Å². The third kappa shape index (κ3) is 1.89. The molecule has 0 aliphatic heterocycles. The minimum atomic E-state index is 0.404. The summed E-state index contributed by atoms with van der Waals surface area (Å²) in [4.78, 5) is 4.36. The summed E-state index contributed by atoms with van der Waals surface area (Å²) in [6.45, 7) is 2.91. The number of pyridine rings is 1. The number of hydrogen-bond donors (Lipinski definition) is 1. The first kappa shape index (κ1) is 8.70. The Labute approximate surface area is 79.2 Å². The van der Waals surface area contributed by atoms with Gasteiger partial charge in [0.25, 0.3) is 0 Å². The fourth-order valence-electron chi connectivity index (χ4n) is 1.71. The van der Waals surface area contributed by atoms with Gasteiger partial charge in [0.05, 0.1) is 0 Å². The Balaban J connectivity index is 2.09. The molecule has 1 aliphatic carbocycles. The fourth-order valence-corrected chi connectivity index (χ4v) is 1.71. The van der Waals surface area contributed by atoms with Crippen molar-refractivity contribution in [1.29, 1.82) is 0 Å². The zero-order valence-electron chi connectivity index (χ0n) is 8.09. The van der Waals surface area contributed by atoms with Crippen LogP contribution in [-0.4, -0.2) is 11.5 Å². The van der Waals surface area contributed by atoms with Crippen LogP contribution < -0.4 is 5.73 Å². The van der Waals surface area contributed by atoms with Crippen LogP contribution in [0.5, 0.6) is 0 Å². The fraction of sp³-hybridized carbons (Fsp3) is 0.545. The summed E-state index contributed by atoms with van der Waals surface area (Å²) in [5.74, 6) is 0. The second kappa shape index (κ2) is 3.11. The molecule has 1 aromatic rings. The first-order valence-electron chi connectivity index (χ1n) is 4.86. The highest BCUT2D eigenvalue weighted by Crippen LogP contribution is 2.46. The third-order valence-electron chi connectivity index (χ3n) is 2.92. The van der Waals surface area contributed by atoms with Crippen molar-refractivity contribution in [2.75, 3.05) is 6.54 Å². The van der Waals surface area contributed by atoms with Crippen molar-refractivity contribution < 1.29 is 0 Å². The molecule has 1 fully saturated rings. The molecule has 0 amide bonds. The second-order valence-corrected chi connectivity index (χ2v) is 4.21. The molecule has 0 bridgehead atoms. The zero-order chi connectivity index (χ0) is 9.31. The minimum absolute atomic E-state index is 0.404. The molecule has 2 nitrogen and oxygen atoms in total. The van der Waals surface area contributed by atoms with Gasteiger partial charge in [-0.05, 0) is 55.8 Å². The van der Waals surface area contributed by atoms with Crippen LogP contribution in [0.2, 0.25) is 0 Å². The van der Waals surface area contributed by atoms with Gasteiger partial charge in [-0.15, -0.1) is 0 Å². The molecular weight excluding hydrogens is 160 g/mol. The van der Waals surface area contributed by atoms with Gasteiger partial charge in [0.2, 0.25) is 0 Å². The largest absolute Gasteiger partial charge is 0.330 e. The van der Waals surface area contributed by atoms with Crippen LogP contribution in [0.3, 0.4) is 0 Å². The van der Waals surface area contributed by atoms with E-state index in [0.29, 0.717) is 5.41 Å². The molecule has 1 aliphatic rings.